The summed E-state index contributed by atoms with van der Waals surface area (Å²) in [6.07, 6.45) is 8.68. The summed E-state index contributed by atoms with van der Waals surface area (Å²) in [5.74, 6) is 0.615. The fourth-order valence-electron chi connectivity index (χ4n) is 4.72. The predicted molar refractivity (Wildman–Crippen MR) is 104 cm³/mol. The molecule has 4 rings (SSSR count). The maximum Gasteiger partial charge on any atom is 0.0489 e. The average molecular weight is 333 g/mol. The number of aryl methyl sites for hydroxylation is 1. The van der Waals surface area contributed by atoms with Gasteiger partial charge in [0.2, 0.25) is 0 Å². The quantitative estimate of drug-likeness (QED) is 0.732. The van der Waals surface area contributed by atoms with Gasteiger partial charge in [-0.05, 0) is 69.8 Å². The minimum atomic E-state index is 0.166. The Bertz CT molecular complexity index is 855. The van der Waals surface area contributed by atoms with Gasteiger partial charge in [-0.25, -0.2) is 0 Å². The van der Waals surface area contributed by atoms with Crippen LogP contribution in [0.2, 0.25) is 0 Å². The van der Waals surface area contributed by atoms with E-state index in [4.69, 9.17) is 0 Å². The molecule has 1 aromatic carbocycles. The number of aromatic nitrogens is 2. The third-order valence-corrected chi connectivity index (χ3v) is 6.29. The van der Waals surface area contributed by atoms with Gasteiger partial charge in [0.05, 0.1) is 0 Å². The second kappa shape index (κ2) is 6.30. The Labute approximate surface area is 150 Å². The van der Waals surface area contributed by atoms with Crippen LogP contribution in [0.5, 0.6) is 0 Å². The van der Waals surface area contributed by atoms with E-state index in [0.29, 0.717) is 5.92 Å². The van der Waals surface area contributed by atoms with Crippen LogP contribution in [0.15, 0.2) is 48.8 Å². The van der Waals surface area contributed by atoms with Crippen molar-refractivity contribution >= 4 is 10.9 Å². The van der Waals surface area contributed by atoms with Gasteiger partial charge in [-0.3, -0.25) is 9.88 Å². The Hall–Kier alpha value is -2.13. The van der Waals surface area contributed by atoms with Crippen molar-refractivity contribution in [2.45, 2.75) is 44.1 Å². The standard InChI is InChI=1S/C22H27N3/c1-16-19-15-23-14-11-20(19)24-21(16)17-9-12-22(13-10-17,25(2)3)18-7-5-4-6-8-18/h4-8,11,14-15,17,24H,9-10,12-13H2,1-3H3. The van der Waals surface area contributed by atoms with E-state index >= 15 is 0 Å². The maximum absolute atomic E-state index is 4.29. The molecule has 1 fully saturated rings. The number of benzene rings is 1. The zero-order valence-electron chi connectivity index (χ0n) is 15.4. The van der Waals surface area contributed by atoms with Gasteiger partial charge in [0.1, 0.15) is 0 Å². The van der Waals surface area contributed by atoms with Crippen LogP contribution in [-0.2, 0) is 5.54 Å². The summed E-state index contributed by atoms with van der Waals surface area (Å²) in [4.78, 5) is 10.4. The lowest BCUT2D eigenvalue weighted by atomic mass is 9.71. The number of H-pyrrole nitrogens is 1. The highest BCUT2D eigenvalue weighted by molar-refractivity contribution is 5.83. The van der Waals surface area contributed by atoms with E-state index in [0.717, 1.165) is 0 Å². The van der Waals surface area contributed by atoms with Gasteiger partial charge in [-0.15, -0.1) is 0 Å². The smallest absolute Gasteiger partial charge is 0.0489 e. The summed E-state index contributed by atoms with van der Waals surface area (Å²) in [6.45, 7) is 2.24. The van der Waals surface area contributed by atoms with E-state index in [-0.39, 0.29) is 5.54 Å². The molecule has 2 heterocycles. The molecule has 0 radical (unpaired) electrons. The molecule has 1 N–H and O–H groups in total. The van der Waals surface area contributed by atoms with Crippen LogP contribution < -0.4 is 0 Å². The minimum Gasteiger partial charge on any atom is -0.358 e. The van der Waals surface area contributed by atoms with Crippen molar-refractivity contribution in [1.82, 2.24) is 14.9 Å². The van der Waals surface area contributed by atoms with Gasteiger partial charge in [-0.1, -0.05) is 30.3 Å². The van der Waals surface area contributed by atoms with Gasteiger partial charge >= 0.3 is 0 Å². The number of nitrogens with one attached hydrogen (secondary N) is 1. The summed E-state index contributed by atoms with van der Waals surface area (Å²) in [6, 6.07) is 13.1. The fraction of sp³-hybridized carbons (Fsp3) is 0.409. The number of aromatic amines is 1. The first-order chi connectivity index (χ1) is 12.1. The molecule has 0 unspecified atom stereocenters. The molecule has 1 saturated carbocycles. The highest BCUT2D eigenvalue weighted by atomic mass is 15.1. The van der Waals surface area contributed by atoms with Crippen molar-refractivity contribution in [3.63, 3.8) is 0 Å². The Morgan fingerprint density at radius 1 is 1.08 bits per heavy atom. The van der Waals surface area contributed by atoms with Crippen LogP contribution in [0, 0.1) is 6.92 Å². The molecule has 0 saturated heterocycles. The highest BCUT2D eigenvalue weighted by Gasteiger charge is 2.39. The zero-order chi connectivity index (χ0) is 17.4. The summed E-state index contributed by atoms with van der Waals surface area (Å²) in [5, 5.41) is 1.27. The van der Waals surface area contributed by atoms with E-state index in [1.54, 1.807) is 0 Å². The van der Waals surface area contributed by atoms with Gasteiger partial charge in [0, 0.05) is 34.5 Å². The minimum absolute atomic E-state index is 0.166. The van der Waals surface area contributed by atoms with Crippen LogP contribution in [-0.4, -0.2) is 29.0 Å². The van der Waals surface area contributed by atoms with Gasteiger partial charge < -0.3 is 4.98 Å². The molecule has 3 heteroatoms. The largest absolute Gasteiger partial charge is 0.358 e. The number of fused-ring (bicyclic) bond motifs is 1. The number of pyridine rings is 1. The van der Waals surface area contributed by atoms with Crippen molar-refractivity contribution < 1.29 is 0 Å². The second-order valence-corrected chi connectivity index (χ2v) is 7.65. The first kappa shape index (κ1) is 16.3. The molecule has 0 spiro atoms. The summed E-state index contributed by atoms with van der Waals surface area (Å²) < 4.78 is 0. The first-order valence-corrected chi connectivity index (χ1v) is 9.27. The van der Waals surface area contributed by atoms with Crippen molar-refractivity contribution in [2.75, 3.05) is 14.1 Å². The molecule has 0 atom stereocenters. The van der Waals surface area contributed by atoms with Gasteiger partial charge in [-0.2, -0.15) is 0 Å². The number of hydrogen-bond donors (Lipinski definition) is 1. The average Bonchev–Trinajstić information content (AvgIpc) is 2.99. The van der Waals surface area contributed by atoms with E-state index in [1.807, 2.05) is 12.4 Å². The topological polar surface area (TPSA) is 31.9 Å². The molecule has 25 heavy (non-hydrogen) atoms. The molecule has 0 aliphatic heterocycles. The molecular formula is C22H27N3. The van der Waals surface area contributed by atoms with Crippen LogP contribution in [0.3, 0.4) is 0 Å². The van der Waals surface area contributed by atoms with Crippen molar-refractivity contribution in [2.24, 2.45) is 0 Å². The Morgan fingerprint density at radius 2 is 1.80 bits per heavy atom. The summed E-state index contributed by atoms with van der Waals surface area (Å²) in [7, 11) is 4.46. The number of rotatable bonds is 3. The van der Waals surface area contributed by atoms with Gasteiger partial charge in [0.25, 0.3) is 0 Å². The molecule has 1 aliphatic rings. The summed E-state index contributed by atoms with van der Waals surface area (Å²) in [5.41, 5.74) is 5.64. The number of nitrogens with zero attached hydrogens (tertiary/aromatic N) is 2. The Balaban J connectivity index is 1.62. The van der Waals surface area contributed by atoms with E-state index in [9.17, 15) is 0 Å². The predicted octanol–water partition coefficient (Wildman–Crippen LogP) is 4.99. The lowest BCUT2D eigenvalue weighted by Crippen LogP contribution is -2.44. The monoisotopic (exact) mass is 333 g/mol. The van der Waals surface area contributed by atoms with Crippen LogP contribution in [0.1, 0.15) is 48.4 Å². The molecule has 3 nitrogen and oxygen atoms in total. The second-order valence-electron chi connectivity index (χ2n) is 7.65. The molecule has 2 aromatic heterocycles. The SMILES string of the molecule is Cc1c(C2CCC(c3ccccc3)(N(C)C)CC2)[nH]c2ccncc12. The fourth-order valence-corrected chi connectivity index (χ4v) is 4.72. The van der Waals surface area contributed by atoms with Crippen molar-refractivity contribution in [3.8, 4) is 0 Å². The van der Waals surface area contributed by atoms with Crippen LogP contribution >= 0.6 is 0 Å². The van der Waals surface area contributed by atoms with Gasteiger partial charge in [0.15, 0.2) is 0 Å². The highest BCUT2D eigenvalue weighted by Crippen LogP contribution is 2.46. The van der Waals surface area contributed by atoms with E-state index in [1.165, 1.54) is 53.4 Å². The lowest BCUT2D eigenvalue weighted by Gasteiger charge is -2.45. The molecule has 1 aliphatic carbocycles. The maximum atomic E-state index is 4.29. The van der Waals surface area contributed by atoms with Crippen molar-refractivity contribution in [3.05, 3.63) is 65.6 Å². The molecule has 3 aromatic rings. The molecule has 130 valence electrons. The molecule has 0 amide bonds. The normalized spacial score (nSPS) is 24.1. The number of hydrogen-bond acceptors (Lipinski definition) is 2. The molecular weight excluding hydrogens is 306 g/mol. The first-order valence-electron chi connectivity index (χ1n) is 9.27. The summed E-state index contributed by atoms with van der Waals surface area (Å²) >= 11 is 0. The van der Waals surface area contributed by atoms with Crippen LogP contribution in [0.25, 0.3) is 10.9 Å². The van der Waals surface area contributed by atoms with E-state index in [2.05, 4.69) is 72.3 Å². The van der Waals surface area contributed by atoms with Crippen molar-refractivity contribution in [1.29, 1.82) is 0 Å². The Morgan fingerprint density at radius 3 is 2.44 bits per heavy atom. The lowest BCUT2D eigenvalue weighted by molar-refractivity contribution is 0.0904. The van der Waals surface area contributed by atoms with Crippen LogP contribution in [0.4, 0.5) is 0 Å². The third kappa shape index (κ3) is 2.67. The Kier molecular flexibility index (Phi) is 4.12. The zero-order valence-corrected chi connectivity index (χ0v) is 15.4. The van der Waals surface area contributed by atoms with E-state index < -0.39 is 0 Å². The molecule has 0 bridgehead atoms. The third-order valence-electron chi connectivity index (χ3n) is 6.29.